The van der Waals surface area contributed by atoms with Crippen molar-refractivity contribution in [3.05, 3.63) is 33.9 Å². The van der Waals surface area contributed by atoms with Crippen molar-refractivity contribution in [2.24, 2.45) is 0 Å². The highest BCUT2D eigenvalue weighted by atomic mass is 16.6. The lowest BCUT2D eigenvalue weighted by atomic mass is 10.1. The number of hydrogen-bond donors (Lipinski definition) is 0. The zero-order chi connectivity index (χ0) is 11.0. The number of carbonyl (C=O) groups excluding carboxylic acids is 1. The molecule has 0 fully saturated rings. The van der Waals surface area contributed by atoms with Crippen molar-refractivity contribution >= 4 is 17.5 Å². The maximum Gasteiger partial charge on any atom is 0.414 e. The minimum Gasteiger partial charge on any atom is -0.444 e. The Morgan fingerprint density at radius 3 is 2.93 bits per heavy atom. The molecule has 6 nitrogen and oxygen atoms in total. The largest absolute Gasteiger partial charge is 0.444 e. The quantitative estimate of drug-likeness (QED) is 0.519. The highest BCUT2D eigenvalue weighted by Gasteiger charge is 2.24. The molecule has 1 heterocycles. The minimum absolute atomic E-state index is 0.0321. The maximum absolute atomic E-state index is 11.2. The van der Waals surface area contributed by atoms with Crippen LogP contribution < -0.4 is 4.90 Å². The zero-order valence-electron chi connectivity index (χ0n) is 7.97. The number of non-ortho nitro benzene ring substituents is 1. The molecule has 1 aliphatic rings. The molecule has 1 aromatic carbocycles. The summed E-state index contributed by atoms with van der Waals surface area (Å²) in [6.07, 6.45) is -0.497. The lowest BCUT2D eigenvalue weighted by Gasteiger charge is -2.24. The van der Waals surface area contributed by atoms with Gasteiger partial charge in [0, 0.05) is 24.7 Å². The zero-order valence-corrected chi connectivity index (χ0v) is 7.97. The Kier molecular flexibility index (Phi) is 2.03. The SMILES string of the molecule is CN1C(=O)OCc2ccc([N+](=O)[O-])cc21. The van der Waals surface area contributed by atoms with E-state index in [2.05, 4.69) is 0 Å². The van der Waals surface area contributed by atoms with E-state index in [1.165, 1.54) is 24.1 Å². The fourth-order valence-corrected chi connectivity index (χ4v) is 1.43. The molecule has 0 aromatic heterocycles. The van der Waals surface area contributed by atoms with Crippen LogP contribution in [-0.4, -0.2) is 18.1 Å². The van der Waals surface area contributed by atoms with Gasteiger partial charge in [0.2, 0.25) is 0 Å². The Balaban J connectivity index is 2.50. The van der Waals surface area contributed by atoms with Crippen molar-refractivity contribution in [1.29, 1.82) is 0 Å². The summed E-state index contributed by atoms with van der Waals surface area (Å²) in [7, 11) is 1.52. The number of nitro groups is 1. The van der Waals surface area contributed by atoms with E-state index >= 15 is 0 Å². The summed E-state index contributed by atoms with van der Waals surface area (Å²) in [5.41, 5.74) is 1.26. The van der Waals surface area contributed by atoms with Crippen molar-refractivity contribution in [2.45, 2.75) is 6.61 Å². The molecule has 0 saturated heterocycles. The number of amides is 1. The molecule has 0 atom stereocenters. The van der Waals surface area contributed by atoms with Gasteiger partial charge >= 0.3 is 6.09 Å². The fraction of sp³-hybridized carbons (Fsp3) is 0.222. The molecular formula is C9H8N2O4. The van der Waals surface area contributed by atoms with Gasteiger partial charge in [-0.3, -0.25) is 15.0 Å². The third-order valence-electron chi connectivity index (χ3n) is 2.27. The Labute approximate surface area is 85.2 Å². The first-order valence-corrected chi connectivity index (χ1v) is 4.27. The number of fused-ring (bicyclic) bond motifs is 1. The van der Waals surface area contributed by atoms with Crippen molar-refractivity contribution in [3.8, 4) is 0 Å². The number of anilines is 1. The predicted molar refractivity (Wildman–Crippen MR) is 51.7 cm³/mol. The summed E-state index contributed by atoms with van der Waals surface area (Å²) in [5, 5.41) is 10.5. The lowest BCUT2D eigenvalue weighted by molar-refractivity contribution is -0.384. The standard InChI is InChI=1S/C9H8N2O4/c1-10-8-4-7(11(13)14)3-2-6(8)5-15-9(10)12/h2-4H,5H2,1H3. The first-order valence-electron chi connectivity index (χ1n) is 4.27. The molecule has 0 spiro atoms. The van der Waals surface area contributed by atoms with Gasteiger partial charge in [0.25, 0.3) is 5.69 Å². The molecule has 0 bridgehead atoms. The van der Waals surface area contributed by atoms with E-state index in [0.717, 1.165) is 5.56 Å². The minimum atomic E-state index is -0.497. The third kappa shape index (κ3) is 1.50. The number of rotatable bonds is 1. The summed E-state index contributed by atoms with van der Waals surface area (Å²) in [6, 6.07) is 4.36. The number of carbonyl (C=O) groups is 1. The van der Waals surface area contributed by atoms with Gasteiger partial charge < -0.3 is 4.74 Å². The van der Waals surface area contributed by atoms with Crippen LogP contribution in [0.15, 0.2) is 18.2 Å². The molecule has 0 saturated carbocycles. The summed E-state index contributed by atoms with van der Waals surface area (Å²) < 4.78 is 4.83. The van der Waals surface area contributed by atoms with E-state index in [1.807, 2.05) is 0 Å². The second kappa shape index (κ2) is 3.23. The molecule has 0 radical (unpaired) electrons. The van der Waals surface area contributed by atoms with Gasteiger partial charge in [-0.15, -0.1) is 0 Å². The van der Waals surface area contributed by atoms with Crippen LogP contribution >= 0.6 is 0 Å². The molecule has 6 heteroatoms. The first-order chi connectivity index (χ1) is 7.09. The Hall–Kier alpha value is -2.11. The molecule has 78 valence electrons. The van der Waals surface area contributed by atoms with Crippen molar-refractivity contribution in [3.63, 3.8) is 0 Å². The predicted octanol–water partition coefficient (Wildman–Crippen LogP) is 1.68. The van der Waals surface area contributed by atoms with Crippen LogP contribution in [0.25, 0.3) is 0 Å². The Bertz CT molecular complexity index is 444. The van der Waals surface area contributed by atoms with Crippen LogP contribution in [-0.2, 0) is 11.3 Å². The maximum atomic E-state index is 11.2. The van der Waals surface area contributed by atoms with E-state index < -0.39 is 11.0 Å². The van der Waals surface area contributed by atoms with Crippen LogP contribution in [0.5, 0.6) is 0 Å². The van der Waals surface area contributed by atoms with Gasteiger partial charge in [-0.25, -0.2) is 4.79 Å². The number of cyclic esters (lactones) is 1. The first kappa shape index (κ1) is 9.45. The molecule has 2 rings (SSSR count). The van der Waals surface area contributed by atoms with Crippen LogP contribution in [0.3, 0.4) is 0 Å². The van der Waals surface area contributed by atoms with Gasteiger partial charge in [0.05, 0.1) is 10.6 Å². The topological polar surface area (TPSA) is 72.7 Å². The molecule has 1 amide bonds. The van der Waals surface area contributed by atoms with E-state index in [1.54, 1.807) is 6.07 Å². The van der Waals surface area contributed by atoms with Gasteiger partial charge in [-0.1, -0.05) is 0 Å². The van der Waals surface area contributed by atoms with Crippen molar-refractivity contribution < 1.29 is 14.5 Å². The van der Waals surface area contributed by atoms with E-state index in [-0.39, 0.29) is 12.3 Å². The van der Waals surface area contributed by atoms with Gasteiger partial charge in [-0.05, 0) is 6.07 Å². The van der Waals surface area contributed by atoms with E-state index in [4.69, 9.17) is 4.74 Å². The van der Waals surface area contributed by atoms with E-state index in [0.29, 0.717) is 5.69 Å². The monoisotopic (exact) mass is 208 g/mol. The van der Waals surface area contributed by atoms with Gasteiger partial charge in [-0.2, -0.15) is 0 Å². The van der Waals surface area contributed by atoms with Crippen LogP contribution in [0.2, 0.25) is 0 Å². The van der Waals surface area contributed by atoms with Crippen LogP contribution in [0.4, 0.5) is 16.2 Å². The molecule has 0 N–H and O–H groups in total. The average Bonchev–Trinajstić information content (AvgIpc) is 2.23. The average molecular weight is 208 g/mol. The second-order valence-corrected chi connectivity index (χ2v) is 3.18. The smallest absolute Gasteiger partial charge is 0.414 e. The van der Waals surface area contributed by atoms with Gasteiger partial charge in [0.1, 0.15) is 6.61 Å². The summed E-state index contributed by atoms with van der Waals surface area (Å²) in [5.74, 6) is 0. The van der Waals surface area contributed by atoms with E-state index in [9.17, 15) is 14.9 Å². The molecule has 0 unspecified atom stereocenters. The fourth-order valence-electron chi connectivity index (χ4n) is 1.43. The Morgan fingerprint density at radius 1 is 1.53 bits per heavy atom. The van der Waals surface area contributed by atoms with Crippen LogP contribution in [0, 0.1) is 10.1 Å². The number of hydrogen-bond acceptors (Lipinski definition) is 4. The number of nitro benzene ring substituents is 1. The van der Waals surface area contributed by atoms with Crippen molar-refractivity contribution in [2.75, 3.05) is 11.9 Å². The molecule has 1 aliphatic heterocycles. The van der Waals surface area contributed by atoms with Gasteiger partial charge in [0.15, 0.2) is 0 Å². The highest BCUT2D eigenvalue weighted by molar-refractivity contribution is 5.90. The molecule has 1 aromatic rings. The normalized spacial score (nSPS) is 14.5. The summed E-state index contributed by atoms with van der Waals surface area (Å²) >= 11 is 0. The third-order valence-corrected chi connectivity index (χ3v) is 2.27. The van der Waals surface area contributed by atoms with Crippen molar-refractivity contribution in [1.82, 2.24) is 0 Å². The summed E-state index contributed by atoms with van der Waals surface area (Å²) in [6.45, 7) is 0.163. The Morgan fingerprint density at radius 2 is 2.27 bits per heavy atom. The molecule has 15 heavy (non-hydrogen) atoms. The number of nitrogens with zero attached hydrogens (tertiary/aromatic N) is 2. The number of ether oxygens (including phenoxy) is 1. The second-order valence-electron chi connectivity index (χ2n) is 3.18. The molecular weight excluding hydrogens is 200 g/mol. The lowest BCUT2D eigenvalue weighted by Crippen LogP contribution is -2.31. The molecule has 0 aliphatic carbocycles. The summed E-state index contributed by atoms with van der Waals surface area (Å²) in [4.78, 5) is 22.5. The highest BCUT2D eigenvalue weighted by Crippen LogP contribution is 2.29. The number of benzene rings is 1. The van der Waals surface area contributed by atoms with Crippen LogP contribution in [0.1, 0.15) is 5.56 Å².